The van der Waals surface area contributed by atoms with Crippen LogP contribution in [0, 0.1) is 11.8 Å². The molecule has 0 saturated heterocycles. The van der Waals surface area contributed by atoms with E-state index in [1.54, 1.807) is 0 Å². The number of nitrogens with zero attached hydrogens (tertiary/aromatic N) is 2. The number of likely N-dealkylation sites (N-methyl/N-ethyl adjacent to an activating group) is 1. The lowest BCUT2D eigenvalue weighted by atomic mass is 9.77. The van der Waals surface area contributed by atoms with Crippen molar-refractivity contribution in [3.8, 4) is 5.75 Å². The summed E-state index contributed by atoms with van der Waals surface area (Å²) in [6.45, 7) is 0.486. The molecule has 3 aliphatic rings. The molecule has 5 rings (SSSR count). The molecular weight excluding hydrogens is 480 g/mol. The first kappa shape index (κ1) is 25.2. The lowest BCUT2D eigenvalue weighted by molar-refractivity contribution is -0.132. The quantitative estimate of drug-likeness (QED) is 0.500. The van der Waals surface area contributed by atoms with Crippen molar-refractivity contribution in [2.75, 3.05) is 12.4 Å². The fourth-order valence-corrected chi connectivity index (χ4v) is 5.66. The van der Waals surface area contributed by atoms with Crippen LogP contribution >= 0.6 is 12.2 Å². The van der Waals surface area contributed by atoms with Crippen LogP contribution in [-0.4, -0.2) is 40.9 Å². The molecule has 1 amide bonds. The van der Waals surface area contributed by atoms with Gasteiger partial charge in [-0.3, -0.25) is 9.79 Å². The lowest BCUT2D eigenvalue weighted by Crippen LogP contribution is -2.49. The van der Waals surface area contributed by atoms with Crippen molar-refractivity contribution >= 4 is 34.6 Å². The molecule has 7 heteroatoms. The third-order valence-electron chi connectivity index (χ3n) is 7.39. The van der Waals surface area contributed by atoms with Crippen LogP contribution in [0.4, 0.5) is 5.69 Å². The van der Waals surface area contributed by atoms with Crippen LogP contribution < -0.4 is 15.4 Å². The summed E-state index contributed by atoms with van der Waals surface area (Å²) in [5.74, 6) is 1.17. The van der Waals surface area contributed by atoms with Gasteiger partial charge in [-0.1, -0.05) is 80.0 Å². The fourth-order valence-electron chi connectivity index (χ4n) is 5.43. The first-order valence-corrected chi connectivity index (χ1v) is 13.5. The maximum absolute atomic E-state index is 13.5. The number of aliphatic imine (C=N–C) groups is 1. The SMILES string of the molecule is CN1C(=O)C(NC(=S)Nc2cccc(OCc3ccccc3)c2)N=C(C2CCCCC2)C2C=CC=CC21. The van der Waals surface area contributed by atoms with Crippen molar-refractivity contribution in [3.05, 3.63) is 84.5 Å². The van der Waals surface area contributed by atoms with Crippen LogP contribution in [0.2, 0.25) is 0 Å². The van der Waals surface area contributed by atoms with Gasteiger partial charge in [-0.15, -0.1) is 0 Å². The van der Waals surface area contributed by atoms with Gasteiger partial charge in [-0.2, -0.15) is 0 Å². The second-order valence-electron chi connectivity index (χ2n) is 9.93. The van der Waals surface area contributed by atoms with Crippen molar-refractivity contribution in [2.24, 2.45) is 16.8 Å². The maximum atomic E-state index is 13.5. The van der Waals surface area contributed by atoms with Gasteiger partial charge in [0.25, 0.3) is 5.91 Å². The number of amides is 1. The molecular formula is C30H34N4O2S. The predicted molar refractivity (Wildman–Crippen MR) is 153 cm³/mol. The van der Waals surface area contributed by atoms with Crippen molar-refractivity contribution < 1.29 is 9.53 Å². The van der Waals surface area contributed by atoms with Crippen LogP contribution in [0.1, 0.15) is 37.7 Å². The van der Waals surface area contributed by atoms with Crippen molar-refractivity contribution in [2.45, 2.75) is 50.9 Å². The maximum Gasteiger partial charge on any atom is 0.268 e. The van der Waals surface area contributed by atoms with E-state index in [0.29, 0.717) is 17.6 Å². The molecule has 2 aliphatic carbocycles. The topological polar surface area (TPSA) is 66.0 Å². The number of rotatable bonds is 6. The minimum Gasteiger partial charge on any atom is -0.489 e. The third kappa shape index (κ3) is 6.10. The van der Waals surface area contributed by atoms with Crippen molar-refractivity contribution in [1.29, 1.82) is 0 Å². The number of carbonyl (C=O) groups is 1. The monoisotopic (exact) mass is 514 g/mol. The van der Waals surface area contributed by atoms with E-state index in [1.165, 1.54) is 19.3 Å². The van der Waals surface area contributed by atoms with E-state index in [4.69, 9.17) is 21.9 Å². The molecule has 2 N–H and O–H groups in total. The van der Waals surface area contributed by atoms with Crippen LogP contribution in [0.5, 0.6) is 5.75 Å². The summed E-state index contributed by atoms with van der Waals surface area (Å²) < 4.78 is 5.95. The van der Waals surface area contributed by atoms with E-state index >= 15 is 0 Å². The number of hydrogen-bond acceptors (Lipinski definition) is 4. The molecule has 1 saturated carbocycles. The number of carbonyl (C=O) groups excluding carboxylic acids is 1. The van der Waals surface area contributed by atoms with E-state index in [0.717, 1.165) is 35.6 Å². The lowest BCUT2D eigenvalue weighted by Gasteiger charge is -2.34. The van der Waals surface area contributed by atoms with E-state index in [-0.39, 0.29) is 17.9 Å². The highest BCUT2D eigenvalue weighted by atomic mass is 32.1. The Hall–Kier alpha value is -3.45. The molecule has 0 radical (unpaired) electrons. The Morgan fingerprint density at radius 2 is 1.84 bits per heavy atom. The summed E-state index contributed by atoms with van der Waals surface area (Å²) in [5, 5.41) is 6.77. The number of ether oxygens (including phenoxy) is 1. The number of nitrogens with one attached hydrogen (secondary N) is 2. The summed E-state index contributed by atoms with van der Waals surface area (Å²) in [4.78, 5) is 20.3. The number of thiocarbonyl (C=S) groups is 1. The van der Waals surface area contributed by atoms with Gasteiger partial charge in [0.15, 0.2) is 11.3 Å². The third-order valence-corrected chi connectivity index (χ3v) is 7.61. The first-order chi connectivity index (χ1) is 18.1. The average Bonchev–Trinajstić information content (AvgIpc) is 3.04. The van der Waals surface area contributed by atoms with Gasteiger partial charge >= 0.3 is 0 Å². The average molecular weight is 515 g/mol. The minimum atomic E-state index is -0.758. The molecule has 37 heavy (non-hydrogen) atoms. The van der Waals surface area contributed by atoms with Gasteiger partial charge in [0.05, 0.1) is 6.04 Å². The fraction of sp³-hybridized carbons (Fsp3) is 0.367. The minimum absolute atomic E-state index is 0.0232. The van der Waals surface area contributed by atoms with Gasteiger partial charge in [-0.05, 0) is 48.7 Å². The molecule has 1 fully saturated rings. The Morgan fingerprint density at radius 1 is 1.05 bits per heavy atom. The highest BCUT2D eigenvalue weighted by Gasteiger charge is 2.39. The van der Waals surface area contributed by atoms with Crippen LogP contribution in [0.15, 0.2) is 83.9 Å². The Labute approximate surface area is 224 Å². The molecule has 0 bridgehead atoms. The zero-order valence-corrected chi connectivity index (χ0v) is 22.0. The Balaban J connectivity index is 1.29. The van der Waals surface area contributed by atoms with Gasteiger partial charge < -0.3 is 20.3 Å². The summed E-state index contributed by atoms with van der Waals surface area (Å²) in [6, 6.07) is 17.7. The number of fused-ring (bicyclic) bond motifs is 1. The summed E-state index contributed by atoms with van der Waals surface area (Å²) in [6.07, 6.45) is 13.6. The highest BCUT2D eigenvalue weighted by Crippen LogP contribution is 2.33. The summed E-state index contributed by atoms with van der Waals surface area (Å²) in [5.41, 5.74) is 3.01. The second-order valence-corrected chi connectivity index (χ2v) is 10.3. The van der Waals surface area contributed by atoms with E-state index in [9.17, 15) is 4.79 Å². The van der Waals surface area contributed by atoms with E-state index in [1.807, 2.05) is 72.6 Å². The van der Waals surface area contributed by atoms with Crippen molar-refractivity contribution in [3.63, 3.8) is 0 Å². The zero-order valence-electron chi connectivity index (χ0n) is 21.2. The Bertz CT molecular complexity index is 1200. The van der Waals surface area contributed by atoms with Crippen LogP contribution in [-0.2, 0) is 11.4 Å². The molecule has 1 aliphatic heterocycles. The van der Waals surface area contributed by atoms with Gasteiger partial charge in [0.2, 0.25) is 0 Å². The number of allylic oxidation sites excluding steroid dienone is 2. The number of anilines is 1. The normalized spacial score (nSPS) is 23.6. The number of hydrogen-bond donors (Lipinski definition) is 2. The Morgan fingerprint density at radius 3 is 2.65 bits per heavy atom. The first-order valence-electron chi connectivity index (χ1n) is 13.1. The molecule has 6 nitrogen and oxygen atoms in total. The Kier molecular flexibility index (Phi) is 7.99. The smallest absolute Gasteiger partial charge is 0.268 e. The van der Waals surface area contributed by atoms with Crippen LogP contribution in [0.3, 0.4) is 0 Å². The molecule has 192 valence electrons. The molecule has 3 atom stereocenters. The predicted octanol–water partition coefficient (Wildman–Crippen LogP) is 5.48. The molecule has 0 aromatic heterocycles. The summed E-state index contributed by atoms with van der Waals surface area (Å²) >= 11 is 5.63. The molecule has 0 spiro atoms. The van der Waals surface area contributed by atoms with E-state index in [2.05, 4.69) is 28.9 Å². The van der Waals surface area contributed by atoms with Gasteiger partial charge in [0.1, 0.15) is 12.4 Å². The number of benzene rings is 2. The largest absolute Gasteiger partial charge is 0.489 e. The highest BCUT2D eigenvalue weighted by molar-refractivity contribution is 7.80. The van der Waals surface area contributed by atoms with Gasteiger partial charge in [-0.25, -0.2) is 0 Å². The van der Waals surface area contributed by atoms with Gasteiger partial charge in [0, 0.05) is 30.4 Å². The van der Waals surface area contributed by atoms with E-state index < -0.39 is 6.17 Å². The van der Waals surface area contributed by atoms with Crippen molar-refractivity contribution in [1.82, 2.24) is 10.2 Å². The standard InChI is InChI=1S/C30H34N4O2S/c1-34-26-18-9-8-17-25(26)27(22-13-6-3-7-14-22)32-28(29(34)35)33-30(37)31-23-15-10-16-24(19-23)36-20-21-11-4-2-5-12-21/h2,4-5,8-12,15-19,22,25-26,28H,3,6-7,13-14,20H2,1H3,(H2,31,33,37). The molecule has 1 heterocycles. The molecule has 2 aromatic carbocycles. The zero-order chi connectivity index (χ0) is 25.6. The molecule has 3 unspecified atom stereocenters. The second kappa shape index (κ2) is 11.7. The molecule has 2 aromatic rings. The summed E-state index contributed by atoms with van der Waals surface area (Å²) in [7, 11) is 1.86. The van der Waals surface area contributed by atoms with Crippen LogP contribution in [0.25, 0.3) is 0 Å².